The molecule has 1 aliphatic rings. The predicted octanol–water partition coefficient (Wildman–Crippen LogP) is 3.54. The first kappa shape index (κ1) is 15.5. The highest BCUT2D eigenvalue weighted by molar-refractivity contribution is 5.04. The van der Waals surface area contributed by atoms with E-state index >= 15 is 0 Å². The first-order chi connectivity index (χ1) is 9.43. The van der Waals surface area contributed by atoms with Crippen LogP contribution in [0.5, 0.6) is 0 Å². The van der Waals surface area contributed by atoms with Crippen molar-refractivity contribution in [2.24, 2.45) is 23.0 Å². The van der Waals surface area contributed by atoms with Crippen molar-refractivity contribution in [1.29, 1.82) is 0 Å². The summed E-state index contributed by atoms with van der Waals surface area (Å²) in [7, 11) is 0. The zero-order chi connectivity index (χ0) is 14.8. The average Bonchev–Trinajstić information content (AvgIpc) is 2.86. The molecule has 1 fully saturated rings. The van der Waals surface area contributed by atoms with Gasteiger partial charge in [0.1, 0.15) is 0 Å². The monoisotopic (exact) mass is 278 g/mol. The molecule has 2 N–H and O–H groups in total. The van der Waals surface area contributed by atoms with Gasteiger partial charge in [0.25, 0.3) is 0 Å². The fourth-order valence-corrected chi connectivity index (χ4v) is 3.50. The van der Waals surface area contributed by atoms with Crippen molar-refractivity contribution in [3.8, 4) is 0 Å². The molecule has 1 atom stereocenters. The van der Waals surface area contributed by atoms with E-state index in [0.29, 0.717) is 11.3 Å². The Bertz CT molecular complexity index is 410. The van der Waals surface area contributed by atoms with E-state index in [1.807, 2.05) is 10.9 Å². The molecule has 0 amide bonds. The number of rotatable bonds is 4. The van der Waals surface area contributed by atoms with Crippen LogP contribution in [0.3, 0.4) is 0 Å². The molecule has 1 unspecified atom stereocenters. The van der Waals surface area contributed by atoms with E-state index in [1.165, 1.54) is 25.7 Å². The summed E-state index contributed by atoms with van der Waals surface area (Å²) in [5.41, 5.74) is 8.05. The summed E-state index contributed by atoms with van der Waals surface area (Å²) in [5.74, 6) is 1.42. The highest BCUT2D eigenvalue weighted by Crippen LogP contribution is 2.42. The SMILES string of the molecule is CCCn1nncc1C(N)C1CCC(C(C)(C)C)CC1. The van der Waals surface area contributed by atoms with Gasteiger partial charge in [-0.3, -0.25) is 0 Å². The number of aryl methyl sites for hydroxylation is 1. The van der Waals surface area contributed by atoms with Gasteiger partial charge in [0.05, 0.1) is 17.9 Å². The number of nitrogens with two attached hydrogens (primary N) is 1. The molecule has 4 heteroatoms. The number of aromatic nitrogens is 3. The highest BCUT2D eigenvalue weighted by atomic mass is 15.4. The third-order valence-electron chi connectivity index (χ3n) is 4.93. The van der Waals surface area contributed by atoms with Gasteiger partial charge in [-0.2, -0.15) is 0 Å². The molecule has 0 spiro atoms. The van der Waals surface area contributed by atoms with Crippen LogP contribution in [-0.4, -0.2) is 15.0 Å². The van der Waals surface area contributed by atoms with Gasteiger partial charge in [-0.25, -0.2) is 4.68 Å². The van der Waals surface area contributed by atoms with Crippen LogP contribution in [0.4, 0.5) is 0 Å². The normalized spacial score (nSPS) is 25.6. The minimum Gasteiger partial charge on any atom is -0.322 e. The summed E-state index contributed by atoms with van der Waals surface area (Å²) in [4.78, 5) is 0. The lowest BCUT2D eigenvalue weighted by Crippen LogP contribution is -2.31. The summed E-state index contributed by atoms with van der Waals surface area (Å²) in [6.07, 6.45) is 8.01. The number of nitrogens with zero attached hydrogens (tertiary/aromatic N) is 3. The van der Waals surface area contributed by atoms with Gasteiger partial charge in [-0.1, -0.05) is 32.9 Å². The number of hydrogen-bond donors (Lipinski definition) is 1. The Hall–Kier alpha value is -0.900. The third-order valence-corrected chi connectivity index (χ3v) is 4.93. The fourth-order valence-electron chi connectivity index (χ4n) is 3.50. The van der Waals surface area contributed by atoms with Crippen molar-refractivity contribution in [1.82, 2.24) is 15.0 Å². The Kier molecular flexibility index (Phi) is 4.84. The van der Waals surface area contributed by atoms with Gasteiger partial charge in [0.2, 0.25) is 0 Å². The van der Waals surface area contributed by atoms with Crippen LogP contribution in [0.1, 0.15) is 71.5 Å². The molecule has 0 aliphatic heterocycles. The van der Waals surface area contributed by atoms with Gasteiger partial charge in [0, 0.05) is 6.54 Å². The second-order valence-electron chi connectivity index (χ2n) is 7.39. The Morgan fingerprint density at radius 1 is 1.30 bits per heavy atom. The van der Waals surface area contributed by atoms with E-state index in [0.717, 1.165) is 24.6 Å². The zero-order valence-electron chi connectivity index (χ0n) is 13.5. The predicted molar refractivity (Wildman–Crippen MR) is 82.1 cm³/mol. The second-order valence-corrected chi connectivity index (χ2v) is 7.39. The second kappa shape index (κ2) is 6.25. The van der Waals surface area contributed by atoms with Crippen molar-refractivity contribution >= 4 is 0 Å². The quantitative estimate of drug-likeness (QED) is 0.916. The maximum atomic E-state index is 6.50. The molecule has 0 saturated heterocycles. The van der Waals surface area contributed by atoms with Crippen molar-refractivity contribution in [3.05, 3.63) is 11.9 Å². The van der Waals surface area contributed by atoms with E-state index in [1.54, 1.807) is 0 Å². The van der Waals surface area contributed by atoms with Crippen LogP contribution in [0.15, 0.2) is 6.20 Å². The first-order valence-electron chi connectivity index (χ1n) is 8.07. The van der Waals surface area contributed by atoms with Crippen molar-refractivity contribution in [3.63, 3.8) is 0 Å². The molecular formula is C16H30N4. The van der Waals surface area contributed by atoms with E-state index in [-0.39, 0.29) is 6.04 Å². The lowest BCUT2D eigenvalue weighted by Gasteiger charge is -2.38. The van der Waals surface area contributed by atoms with E-state index in [4.69, 9.17) is 5.73 Å². The van der Waals surface area contributed by atoms with E-state index in [9.17, 15) is 0 Å². The van der Waals surface area contributed by atoms with Crippen molar-refractivity contribution < 1.29 is 0 Å². The highest BCUT2D eigenvalue weighted by Gasteiger charge is 2.33. The standard InChI is InChI=1S/C16H30N4/c1-5-10-20-14(11-18-19-20)15(17)12-6-8-13(9-7-12)16(2,3)4/h11-13,15H,5-10,17H2,1-4H3. The summed E-state index contributed by atoms with van der Waals surface area (Å²) >= 11 is 0. The minimum absolute atomic E-state index is 0.0949. The molecule has 1 aromatic rings. The fraction of sp³-hybridized carbons (Fsp3) is 0.875. The molecule has 0 bridgehead atoms. The van der Waals surface area contributed by atoms with E-state index in [2.05, 4.69) is 38.0 Å². The molecule has 1 heterocycles. The summed E-state index contributed by atoms with van der Waals surface area (Å²) in [5, 5.41) is 8.21. The molecule has 0 aromatic carbocycles. The van der Waals surface area contributed by atoms with Crippen LogP contribution < -0.4 is 5.73 Å². The van der Waals surface area contributed by atoms with Crippen LogP contribution in [0.25, 0.3) is 0 Å². The molecule has 4 nitrogen and oxygen atoms in total. The third kappa shape index (κ3) is 3.40. The lowest BCUT2D eigenvalue weighted by molar-refractivity contribution is 0.138. The van der Waals surface area contributed by atoms with Crippen LogP contribution in [0, 0.1) is 17.3 Å². The molecule has 20 heavy (non-hydrogen) atoms. The van der Waals surface area contributed by atoms with Crippen LogP contribution in [0.2, 0.25) is 0 Å². The average molecular weight is 278 g/mol. The molecule has 1 aliphatic carbocycles. The topological polar surface area (TPSA) is 56.7 Å². The van der Waals surface area contributed by atoms with Gasteiger partial charge < -0.3 is 5.73 Å². The van der Waals surface area contributed by atoms with Crippen LogP contribution in [-0.2, 0) is 6.54 Å². The lowest BCUT2D eigenvalue weighted by atomic mass is 9.68. The Labute approximate surface area is 123 Å². The van der Waals surface area contributed by atoms with Gasteiger partial charge >= 0.3 is 0 Å². The van der Waals surface area contributed by atoms with Gasteiger partial charge in [-0.05, 0) is 49.4 Å². The minimum atomic E-state index is 0.0949. The molecule has 0 radical (unpaired) electrons. The molecule has 1 aromatic heterocycles. The summed E-state index contributed by atoms with van der Waals surface area (Å²) in [6, 6.07) is 0.0949. The Morgan fingerprint density at radius 3 is 2.50 bits per heavy atom. The van der Waals surface area contributed by atoms with Gasteiger partial charge in [0.15, 0.2) is 0 Å². The smallest absolute Gasteiger partial charge is 0.0757 e. The zero-order valence-corrected chi connectivity index (χ0v) is 13.5. The summed E-state index contributed by atoms with van der Waals surface area (Å²) < 4.78 is 1.99. The van der Waals surface area contributed by atoms with Gasteiger partial charge in [-0.15, -0.1) is 5.10 Å². The Morgan fingerprint density at radius 2 is 1.95 bits per heavy atom. The molecule has 2 rings (SSSR count). The Balaban J connectivity index is 1.98. The first-order valence-corrected chi connectivity index (χ1v) is 8.07. The van der Waals surface area contributed by atoms with E-state index < -0.39 is 0 Å². The maximum Gasteiger partial charge on any atom is 0.0757 e. The van der Waals surface area contributed by atoms with Crippen molar-refractivity contribution in [2.45, 2.75) is 72.4 Å². The maximum absolute atomic E-state index is 6.50. The number of hydrogen-bond acceptors (Lipinski definition) is 3. The molecule has 1 saturated carbocycles. The molecular weight excluding hydrogens is 248 g/mol. The summed E-state index contributed by atoms with van der Waals surface area (Å²) in [6.45, 7) is 10.2. The largest absolute Gasteiger partial charge is 0.322 e. The van der Waals surface area contributed by atoms with Crippen LogP contribution >= 0.6 is 0 Å². The molecule has 114 valence electrons. The van der Waals surface area contributed by atoms with Crippen molar-refractivity contribution in [2.75, 3.05) is 0 Å².